The van der Waals surface area contributed by atoms with Crippen molar-refractivity contribution >= 4 is 5.97 Å². The minimum atomic E-state index is -0.624. The van der Waals surface area contributed by atoms with Crippen LogP contribution in [-0.4, -0.2) is 34.6 Å². The third kappa shape index (κ3) is 3.50. The fourth-order valence-corrected chi connectivity index (χ4v) is 4.68. The fraction of sp³-hybridized carbons (Fsp3) is 0.938. The first-order chi connectivity index (χ1) is 8.70. The van der Waals surface area contributed by atoms with Crippen LogP contribution >= 0.6 is 0 Å². The Kier molecular flexibility index (Phi) is 3.97. The molecule has 2 rings (SSSR count). The van der Waals surface area contributed by atoms with Gasteiger partial charge in [-0.15, -0.1) is 0 Å². The lowest BCUT2D eigenvalue weighted by Crippen LogP contribution is -2.54. The highest BCUT2D eigenvalue weighted by Crippen LogP contribution is 2.47. The van der Waals surface area contributed by atoms with Gasteiger partial charge in [-0.25, -0.2) is 0 Å². The van der Waals surface area contributed by atoms with Crippen LogP contribution in [-0.2, 0) is 4.79 Å². The highest BCUT2D eigenvalue weighted by atomic mass is 16.4. The summed E-state index contributed by atoms with van der Waals surface area (Å²) in [4.78, 5) is 13.8. The number of likely N-dealkylation sites (tertiary alicyclic amines) is 1. The van der Waals surface area contributed by atoms with Crippen molar-refractivity contribution in [1.29, 1.82) is 0 Å². The number of carboxylic acids is 1. The fourth-order valence-electron chi connectivity index (χ4n) is 4.68. The van der Waals surface area contributed by atoms with Crippen LogP contribution in [0.3, 0.4) is 0 Å². The minimum Gasteiger partial charge on any atom is -0.480 e. The van der Waals surface area contributed by atoms with Crippen LogP contribution in [0.25, 0.3) is 0 Å². The molecule has 0 aromatic carbocycles. The third-order valence-electron chi connectivity index (χ3n) is 4.83. The molecule has 110 valence electrons. The Hall–Kier alpha value is -0.570. The van der Waals surface area contributed by atoms with E-state index in [-0.39, 0.29) is 6.04 Å². The van der Waals surface area contributed by atoms with Gasteiger partial charge in [0.2, 0.25) is 0 Å². The average molecular weight is 267 g/mol. The van der Waals surface area contributed by atoms with Crippen LogP contribution in [0.15, 0.2) is 0 Å². The van der Waals surface area contributed by atoms with Crippen LogP contribution in [0.1, 0.15) is 66.2 Å². The molecule has 0 bridgehead atoms. The first-order valence-corrected chi connectivity index (χ1v) is 7.69. The molecule has 1 heterocycles. The third-order valence-corrected chi connectivity index (χ3v) is 4.83. The second-order valence-electron chi connectivity index (χ2n) is 8.15. The van der Waals surface area contributed by atoms with Gasteiger partial charge in [0, 0.05) is 6.04 Å². The number of piperidine rings is 1. The maximum Gasteiger partial charge on any atom is 0.320 e. The number of carbonyl (C=O) groups is 1. The van der Waals surface area contributed by atoms with Crippen molar-refractivity contribution in [2.45, 2.75) is 78.3 Å². The summed E-state index contributed by atoms with van der Waals surface area (Å²) in [7, 11) is 0. The van der Waals surface area contributed by atoms with Crippen molar-refractivity contribution in [2.24, 2.45) is 10.8 Å². The van der Waals surface area contributed by atoms with Gasteiger partial charge in [0.1, 0.15) is 6.04 Å². The van der Waals surface area contributed by atoms with Crippen molar-refractivity contribution in [3.8, 4) is 0 Å². The number of aliphatic carboxylic acids is 1. The predicted octanol–water partition coefficient (Wildman–Crippen LogP) is 3.53. The number of nitrogens with zero attached hydrogens (tertiary/aromatic N) is 1. The average Bonchev–Trinajstić information content (AvgIpc) is 2.24. The van der Waals surface area contributed by atoms with Gasteiger partial charge < -0.3 is 5.11 Å². The van der Waals surface area contributed by atoms with Crippen molar-refractivity contribution in [3.63, 3.8) is 0 Å². The molecular formula is C16H29NO2. The topological polar surface area (TPSA) is 40.5 Å². The molecule has 0 aromatic heterocycles. The summed E-state index contributed by atoms with van der Waals surface area (Å²) in [6.07, 6.45) is 6.56. The summed E-state index contributed by atoms with van der Waals surface area (Å²) in [5, 5.41) is 9.46. The molecule has 0 spiro atoms. The monoisotopic (exact) mass is 267 g/mol. The van der Waals surface area contributed by atoms with E-state index in [1.807, 2.05) is 0 Å². The van der Waals surface area contributed by atoms with E-state index in [1.165, 1.54) is 6.42 Å². The molecule has 0 amide bonds. The van der Waals surface area contributed by atoms with E-state index in [4.69, 9.17) is 0 Å². The van der Waals surface area contributed by atoms with Crippen LogP contribution in [0.5, 0.6) is 0 Å². The summed E-state index contributed by atoms with van der Waals surface area (Å²) in [6, 6.07) is 0.198. The van der Waals surface area contributed by atoms with Crippen LogP contribution in [0.4, 0.5) is 0 Å². The summed E-state index contributed by atoms with van der Waals surface area (Å²) in [6.45, 7) is 10.3. The van der Waals surface area contributed by atoms with E-state index < -0.39 is 5.97 Å². The van der Waals surface area contributed by atoms with Gasteiger partial charge in [0.05, 0.1) is 0 Å². The summed E-state index contributed by atoms with van der Waals surface area (Å²) < 4.78 is 0. The zero-order chi connectivity index (χ0) is 14.3. The van der Waals surface area contributed by atoms with Gasteiger partial charge in [-0.3, -0.25) is 9.69 Å². The zero-order valence-electron chi connectivity index (χ0n) is 12.9. The quantitative estimate of drug-likeness (QED) is 0.832. The van der Waals surface area contributed by atoms with Crippen LogP contribution < -0.4 is 0 Å². The Balaban J connectivity index is 2.16. The first kappa shape index (κ1) is 14.8. The van der Waals surface area contributed by atoms with E-state index in [9.17, 15) is 9.90 Å². The molecule has 3 heteroatoms. The van der Waals surface area contributed by atoms with E-state index in [1.54, 1.807) is 0 Å². The first-order valence-electron chi connectivity index (χ1n) is 7.69. The lowest BCUT2D eigenvalue weighted by Gasteiger charge is -2.50. The number of rotatable bonds is 2. The second-order valence-corrected chi connectivity index (χ2v) is 8.15. The standard InChI is InChI=1S/C16H29NO2/c1-15(2)9-12(10-16(3,4)11-15)17-8-6-5-7-13(17)14(18)19/h12-13H,5-11H2,1-4H3,(H,18,19). The molecule has 1 aliphatic heterocycles. The van der Waals surface area contributed by atoms with E-state index in [0.29, 0.717) is 16.9 Å². The normalized spacial score (nSPS) is 32.1. The predicted molar refractivity (Wildman–Crippen MR) is 77.2 cm³/mol. The van der Waals surface area contributed by atoms with E-state index >= 15 is 0 Å². The highest BCUT2D eigenvalue weighted by Gasteiger charge is 2.43. The Bertz CT molecular complexity index is 333. The maximum atomic E-state index is 11.5. The highest BCUT2D eigenvalue weighted by molar-refractivity contribution is 5.73. The SMILES string of the molecule is CC1(C)CC(N2CCCCC2C(=O)O)CC(C)(C)C1. The van der Waals surface area contributed by atoms with Crippen molar-refractivity contribution < 1.29 is 9.90 Å². The van der Waals surface area contributed by atoms with Gasteiger partial charge in [0.15, 0.2) is 0 Å². The van der Waals surface area contributed by atoms with Gasteiger partial charge in [-0.1, -0.05) is 34.1 Å². The molecule has 0 aromatic rings. The minimum absolute atomic E-state index is 0.247. The van der Waals surface area contributed by atoms with Gasteiger partial charge >= 0.3 is 5.97 Å². The zero-order valence-corrected chi connectivity index (χ0v) is 12.9. The van der Waals surface area contributed by atoms with Crippen LogP contribution in [0.2, 0.25) is 0 Å². The summed E-state index contributed by atoms with van der Waals surface area (Å²) in [5.74, 6) is -0.624. The molecule has 0 radical (unpaired) electrons. The Morgan fingerprint density at radius 2 is 1.68 bits per heavy atom. The van der Waals surface area contributed by atoms with E-state index in [0.717, 1.165) is 38.6 Å². The molecule has 1 saturated heterocycles. The van der Waals surface area contributed by atoms with E-state index in [2.05, 4.69) is 32.6 Å². The number of hydrogen-bond donors (Lipinski definition) is 1. The molecule has 1 aliphatic carbocycles. The number of hydrogen-bond acceptors (Lipinski definition) is 2. The molecule has 3 nitrogen and oxygen atoms in total. The molecule has 1 saturated carbocycles. The molecule has 2 fully saturated rings. The Morgan fingerprint density at radius 1 is 1.11 bits per heavy atom. The number of carboxylic acid groups (broad SMARTS) is 1. The van der Waals surface area contributed by atoms with Gasteiger partial charge in [-0.05, 0) is 49.5 Å². The molecule has 1 unspecified atom stereocenters. The largest absolute Gasteiger partial charge is 0.480 e. The summed E-state index contributed by atoms with van der Waals surface area (Å²) in [5.41, 5.74) is 0.653. The lowest BCUT2D eigenvalue weighted by molar-refractivity contribution is -0.147. The van der Waals surface area contributed by atoms with Gasteiger partial charge in [-0.2, -0.15) is 0 Å². The van der Waals surface area contributed by atoms with Crippen molar-refractivity contribution in [3.05, 3.63) is 0 Å². The molecule has 2 aliphatic rings. The Labute approximate surface area is 117 Å². The lowest BCUT2D eigenvalue weighted by atomic mass is 9.63. The van der Waals surface area contributed by atoms with Crippen molar-refractivity contribution in [2.75, 3.05) is 6.54 Å². The molecule has 1 atom stereocenters. The summed E-state index contributed by atoms with van der Waals surface area (Å²) >= 11 is 0. The molecule has 19 heavy (non-hydrogen) atoms. The smallest absolute Gasteiger partial charge is 0.320 e. The van der Waals surface area contributed by atoms with Gasteiger partial charge in [0.25, 0.3) is 0 Å². The molecular weight excluding hydrogens is 238 g/mol. The van der Waals surface area contributed by atoms with Crippen LogP contribution in [0, 0.1) is 10.8 Å². The molecule has 1 N–H and O–H groups in total. The maximum absolute atomic E-state index is 11.5. The second kappa shape index (κ2) is 5.08. The Morgan fingerprint density at radius 3 is 2.21 bits per heavy atom. The van der Waals surface area contributed by atoms with Crippen molar-refractivity contribution in [1.82, 2.24) is 4.90 Å².